The Bertz CT molecular complexity index is 1110. The van der Waals surface area contributed by atoms with Gasteiger partial charge < -0.3 is 15.2 Å². The number of phenols is 1. The number of ether oxygens (including phenoxy) is 1. The van der Waals surface area contributed by atoms with Crippen LogP contribution in [0.15, 0.2) is 71.6 Å². The number of para-hydroxylation sites is 1. The molecule has 0 saturated heterocycles. The van der Waals surface area contributed by atoms with Crippen LogP contribution in [0.1, 0.15) is 36.5 Å². The van der Waals surface area contributed by atoms with Crippen LogP contribution in [0, 0.1) is 0 Å². The summed E-state index contributed by atoms with van der Waals surface area (Å²) in [5, 5.41) is 13.4. The molecule has 0 spiro atoms. The Morgan fingerprint density at radius 2 is 1.70 bits per heavy atom. The van der Waals surface area contributed by atoms with Crippen molar-refractivity contribution in [2.75, 3.05) is 12.4 Å². The van der Waals surface area contributed by atoms with Gasteiger partial charge in [-0.1, -0.05) is 50.2 Å². The van der Waals surface area contributed by atoms with E-state index >= 15 is 0 Å². The van der Waals surface area contributed by atoms with Crippen LogP contribution in [0.4, 0.5) is 5.69 Å². The van der Waals surface area contributed by atoms with Crippen molar-refractivity contribution < 1.29 is 18.3 Å². The lowest BCUT2D eigenvalue weighted by molar-refractivity contribution is 0.371. The van der Waals surface area contributed by atoms with Crippen LogP contribution in [-0.4, -0.2) is 20.6 Å². The lowest BCUT2D eigenvalue weighted by Crippen LogP contribution is -2.06. The zero-order valence-corrected chi connectivity index (χ0v) is 18.2. The minimum Gasteiger partial charge on any atom is -0.504 e. The van der Waals surface area contributed by atoms with E-state index in [1.807, 2.05) is 24.3 Å². The van der Waals surface area contributed by atoms with Crippen LogP contribution >= 0.6 is 0 Å². The number of phenolic OH excluding ortho intramolecular Hbond substituents is 1. The highest BCUT2D eigenvalue weighted by molar-refractivity contribution is 7.90. The normalized spacial score (nSPS) is 11.5. The van der Waals surface area contributed by atoms with E-state index in [2.05, 4.69) is 19.2 Å². The van der Waals surface area contributed by atoms with E-state index in [0.29, 0.717) is 23.8 Å². The Morgan fingerprint density at radius 3 is 2.37 bits per heavy atom. The SMILES string of the molecule is COc1cccc(CNc2ccc(S(=O)(=O)Cc3cccc(C(C)C)c3)cc2)c1O. The largest absolute Gasteiger partial charge is 0.504 e. The Kier molecular flexibility index (Phi) is 6.67. The van der Waals surface area contributed by atoms with Crippen LogP contribution in [0.3, 0.4) is 0 Å². The van der Waals surface area contributed by atoms with Gasteiger partial charge in [-0.3, -0.25) is 0 Å². The molecule has 0 radical (unpaired) electrons. The van der Waals surface area contributed by atoms with E-state index in [1.54, 1.807) is 42.5 Å². The Hall–Kier alpha value is -2.99. The molecular formula is C24H27NO4S. The monoisotopic (exact) mass is 425 g/mol. The number of sulfone groups is 1. The maximum atomic E-state index is 12.8. The number of anilines is 1. The fourth-order valence-corrected chi connectivity index (χ4v) is 4.53. The molecule has 0 aromatic heterocycles. The quantitative estimate of drug-likeness (QED) is 0.524. The number of benzene rings is 3. The van der Waals surface area contributed by atoms with Crippen molar-refractivity contribution in [3.05, 3.63) is 83.4 Å². The maximum Gasteiger partial charge on any atom is 0.182 e. The first-order chi connectivity index (χ1) is 14.3. The van der Waals surface area contributed by atoms with Gasteiger partial charge in [-0.2, -0.15) is 0 Å². The molecule has 0 atom stereocenters. The van der Waals surface area contributed by atoms with Crippen LogP contribution in [0.25, 0.3) is 0 Å². The summed E-state index contributed by atoms with van der Waals surface area (Å²) in [4.78, 5) is 0.284. The highest BCUT2D eigenvalue weighted by Gasteiger charge is 2.16. The Morgan fingerprint density at radius 1 is 1.00 bits per heavy atom. The van der Waals surface area contributed by atoms with Crippen molar-refractivity contribution >= 4 is 15.5 Å². The summed E-state index contributed by atoms with van der Waals surface area (Å²) in [6, 6.07) is 19.7. The molecule has 0 aliphatic carbocycles. The first kappa shape index (κ1) is 21.7. The summed E-state index contributed by atoms with van der Waals surface area (Å²) >= 11 is 0. The van der Waals surface area contributed by atoms with Gasteiger partial charge in [0.1, 0.15) is 0 Å². The van der Waals surface area contributed by atoms with E-state index in [9.17, 15) is 13.5 Å². The Labute approximate surface area is 178 Å². The number of aromatic hydroxyl groups is 1. The second kappa shape index (κ2) is 9.22. The summed E-state index contributed by atoms with van der Waals surface area (Å²) in [7, 11) is -1.94. The van der Waals surface area contributed by atoms with Crippen molar-refractivity contribution in [2.24, 2.45) is 0 Å². The fourth-order valence-electron chi connectivity index (χ4n) is 3.20. The molecule has 2 N–H and O–H groups in total. The second-order valence-electron chi connectivity index (χ2n) is 7.50. The molecule has 158 valence electrons. The molecule has 30 heavy (non-hydrogen) atoms. The van der Waals surface area contributed by atoms with Crippen LogP contribution in [-0.2, 0) is 22.1 Å². The van der Waals surface area contributed by atoms with Gasteiger partial charge in [0.15, 0.2) is 21.3 Å². The third-order valence-electron chi connectivity index (χ3n) is 4.97. The van der Waals surface area contributed by atoms with E-state index in [-0.39, 0.29) is 16.4 Å². The average molecular weight is 426 g/mol. The molecule has 3 rings (SSSR count). The molecular weight excluding hydrogens is 398 g/mol. The van der Waals surface area contributed by atoms with Crippen molar-refractivity contribution in [2.45, 2.75) is 37.0 Å². The summed E-state index contributed by atoms with van der Waals surface area (Å²) < 4.78 is 30.8. The van der Waals surface area contributed by atoms with Gasteiger partial charge in [0.25, 0.3) is 0 Å². The van der Waals surface area contributed by atoms with Gasteiger partial charge in [-0.05, 0) is 47.4 Å². The molecule has 5 nitrogen and oxygen atoms in total. The molecule has 3 aromatic carbocycles. The minimum atomic E-state index is -3.44. The Balaban J connectivity index is 1.69. The lowest BCUT2D eigenvalue weighted by Gasteiger charge is -2.12. The molecule has 6 heteroatoms. The van der Waals surface area contributed by atoms with Crippen molar-refractivity contribution in [3.8, 4) is 11.5 Å². The van der Waals surface area contributed by atoms with Crippen molar-refractivity contribution in [1.82, 2.24) is 0 Å². The molecule has 0 aliphatic heterocycles. The topological polar surface area (TPSA) is 75.6 Å². The molecule has 3 aromatic rings. The predicted molar refractivity (Wildman–Crippen MR) is 120 cm³/mol. The van der Waals surface area contributed by atoms with Gasteiger partial charge in [-0.25, -0.2) is 8.42 Å². The van der Waals surface area contributed by atoms with Crippen LogP contribution in [0.2, 0.25) is 0 Å². The van der Waals surface area contributed by atoms with E-state index in [4.69, 9.17) is 4.74 Å². The van der Waals surface area contributed by atoms with Gasteiger partial charge >= 0.3 is 0 Å². The van der Waals surface area contributed by atoms with Gasteiger partial charge in [-0.15, -0.1) is 0 Å². The molecule has 0 saturated carbocycles. The zero-order valence-electron chi connectivity index (χ0n) is 17.4. The summed E-state index contributed by atoms with van der Waals surface area (Å²) in [5.74, 6) is 0.826. The smallest absolute Gasteiger partial charge is 0.182 e. The molecule has 0 fully saturated rings. The lowest BCUT2D eigenvalue weighted by atomic mass is 10.0. The molecule has 0 heterocycles. The number of rotatable bonds is 8. The standard InChI is InChI=1S/C24H27NO4S/c1-17(2)19-7-4-6-18(14-19)16-30(27,28)22-12-10-21(11-13-22)25-15-20-8-5-9-23(29-3)24(20)26/h4-14,17,25-26H,15-16H2,1-3H3. The van der Waals surface area contributed by atoms with E-state index in [1.165, 1.54) is 7.11 Å². The maximum absolute atomic E-state index is 12.8. The summed E-state index contributed by atoms with van der Waals surface area (Å²) in [5.41, 5.74) is 3.37. The second-order valence-corrected chi connectivity index (χ2v) is 9.49. The first-order valence-corrected chi connectivity index (χ1v) is 11.5. The highest BCUT2D eigenvalue weighted by Crippen LogP contribution is 2.30. The van der Waals surface area contributed by atoms with Crippen LogP contribution < -0.4 is 10.1 Å². The predicted octanol–water partition coefficient (Wildman–Crippen LogP) is 5.11. The zero-order chi connectivity index (χ0) is 21.7. The molecule has 0 bridgehead atoms. The van der Waals surface area contributed by atoms with Crippen molar-refractivity contribution in [3.63, 3.8) is 0 Å². The summed E-state index contributed by atoms with van der Waals surface area (Å²) in [6.45, 7) is 4.56. The number of hydrogen-bond donors (Lipinski definition) is 2. The number of nitrogens with one attached hydrogen (secondary N) is 1. The van der Waals surface area contributed by atoms with Gasteiger partial charge in [0.2, 0.25) is 0 Å². The molecule has 0 amide bonds. The third-order valence-corrected chi connectivity index (χ3v) is 6.68. The third kappa shape index (κ3) is 5.13. The van der Waals surface area contributed by atoms with Crippen LogP contribution in [0.5, 0.6) is 11.5 Å². The minimum absolute atomic E-state index is 0.0297. The number of methoxy groups -OCH3 is 1. The molecule has 0 unspecified atom stereocenters. The van der Waals surface area contributed by atoms with E-state index in [0.717, 1.165) is 16.8 Å². The van der Waals surface area contributed by atoms with E-state index < -0.39 is 9.84 Å². The van der Waals surface area contributed by atoms with Gasteiger partial charge in [0, 0.05) is 17.8 Å². The number of hydrogen-bond acceptors (Lipinski definition) is 5. The highest BCUT2D eigenvalue weighted by atomic mass is 32.2. The van der Waals surface area contributed by atoms with Crippen molar-refractivity contribution in [1.29, 1.82) is 0 Å². The average Bonchev–Trinajstić information content (AvgIpc) is 2.73. The van der Waals surface area contributed by atoms with Gasteiger partial charge in [0.05, 0.1) is 17.8 Å². The molecule has 0 aliphatic rings. The summed E-state index contributed by atoms with van der Waals surface area (Å²) in [6.07, 6.45) is 0. The first-order valence-electron chi connectivity index (χ1n) is 9.80. The fraction of sp³-hybridized carbons (Fsp3) is 0.250.